The lowest BCUT2D eigenvalue weighted by atomic mass is 10.1. The molecule has 1 atom stereocenters. The molecule has 0 saturated heterocycles. The molecule has 0 aliphatic heterocycles. The van der Waals surface area contributed by atoms with E-state index in [4.69, 9.17) is 9.47 Å². The standard InChI is InChI=1S/C22H30N4O2S/c1-15(16-7-9-29-14-16)13-25-22(23-2)24-8-5-6-17-10-19-20(26-17)11-18(27-3)12-21(19)28-4/h7,9-12,14-15,26H,5-6,8,13H2,1-4H3,(H2,23,24,25). The van der Waals surface area contributed by atoms with Crippen LogP contribution in [0.15, 0.2) is 40.0 Å². The van der Waals surface area contributed by atoms with Gasteiger partial charge in [-0.25, -0.2) is 0 Å². The Bertz CT molecular complexity index is 934. The number of benzene rings is 1. The van der Waals surface area contributed by atoms with Crippen molar-refractivity contribution in [3.05, 3.63) is 46.3 Å². The van der Waals surface area contributed by atoms with E-state index in [0.717, 1.165) is 54.3 Å². The third-order valence-electron chi connectivity index (χ3n) is 5.01. The summed E-state index contributed by atoms with van der Waals surface area (Å²) in [6.45, 7) is 3.93. The fourth-order valence-electron chi connectivity index (χ4n) is 3.29. The van der Waals surface area contributed by atoms with Gasteiger partial charge in [-0.2, -0.15) is 11.3 Å². The fraction of sp³-hybridized carbons (Fsp3) is 0.409. The van der Waals surface area contributed by atoms with Crippen molar-refractivity contribution >= 4 is 28.2 Å². The van der Waals surface area contributed by atoms with Gasteiger partial charge in [0.05, 0.1) is 19.7 Å². The highest BCUT2D eigenvalue weighted by molar-refractivity contribution is 7.07. The van der Waals surface area contributed by atoms with Crippen LogP contribution in [-0.4, -0.2) is 45.3 Å². The fourth-order valence-corrected chi connectivity index (χ4v) is 4.07. The normalized spacial score (nSPS) is 12.8. The Kier molecular flexibility index (Phi) is 7.41. The Balaban J connectivity index is 1.48. The lowest BCUT2D eigenvalue weighted by molar-refractivity contribution is 0.398. The van der Waals surface area contributed by atoms with Crippen LogP contribution in [0.1, 0.15) is 30.5 Å². The van der Waals surface area contributed by atoms with Crippen molar-refractivity contribution in [2.75, 3.05) is 34.4 Å². The summed E-state index contributed by atoms with van der Waals surface area (Å²) in [5.74, 6) is 2.91. The van der Waals surface area contributed by atoms with Gasteiger partial charge in [0.25, 0.3) is 0 Å². The summed E-state index contributed by atoms with van der Waals surface area (Å²) < 4.78 is 10.8. The molecule has 3 rings (SSSR count). The van der Waals surface area contributed by atoms with Crippen LogP contribution in [0.25, 0.3) is 10.9 Å². The maximum absolute atomic E-state index is 5.49. The van der Waals surface area contributed by atoms with Crippen LogP contribution < -0.4 is 20.1 Å². The average molecular weight is 415 g/mol. The molecular formula is C22H30N4O2S. The topological polar surface area (TPSA) is 70.7 Å². The van der Waals surface area contributed by atoms with Crippen molar-refractivity contribution in [2.45, 2.75) is 25.7 Å². The Morgan fingerprint density at radius 1 is 1.21 bits per heavy atom. The first-order valence-electron chi connectivity index (χ1n) is 9.84. The van der Waals surface area contributed by atoms with Gasteiger partial charge in [0, 0.05) is 43.4 Å². The molecule has 0 saturated carbocycles. The van der Waals surface area contributed by atoms with Crippen molar-refractivity contribution in [2.24, 2.45) is 4.99 Å². The summed E-state index contributed by atoms with van der Waals surface area (Å²) in [5.41, 5.74) is 3.58. The maximum atomic E-state index is 5.49. The van der Waals surface area contributed by atoms with E-state index >= 15 is 0 Å². The molecule has 0 spiro atoms. The van der Waals surface area contributed by atoms with Gasteiger partial charge in [0.15, 0.2) is 5.96 Å². The van der Waals surface area contributed by atoms with Crippen LogP contribution in [0, 0.1) is 0 Å². The lowest BCUT2D eigenvalue weighted by Crippen LogP contribution is -2.39. The van der Waals surface area contributed by atoms with E-state index in [0.29, 0.717) is 5.92 Å². The predicted octanol–water partition coefficient (Wildman–Crippen LogP) is 4.15. The van der Waals surface area contributed by atoms with Gasteiger partial charge < -0.3 is 25.1 Å². The predicted molar refractivity (Wildman–Crippen MR) is 122 cm³/mol. The number of fused-ring (bicyclic) bond motifs is 1. The second-order valence-corrected chi connectivity index (χ2v) is 7.81. The summed E-state index contributed by atoms with van der Waals surface area (Å²) in [6.07, 6.45) is 1.93. The highest BCUT2D eigenvalue weighted by atomic mass is 32.1. The molecule has 6 nitrogen and oxygen atoms in total. The van der Waals surface area contributed by atoms with E-state index in [1.807, 2.05) is 19.2 Å². The number of guanidine groups is 1. The van der Waals surface area contributed by atoms with Crippen LogP contribution in [0.2, 0.25) is 0 Å². The first-order valence-corrected chi connectivity index (χ1v) is 10.8. The maximum Gasteiger partial charge on any atom is 0.190 e. The number of thiophene rings is 1. The van der Waals surface area contributed by atoms with E-state index in [9.17, 15) is 0 Å². The SMILES string of the molecule is CN=C(NCCCc1cc2c(OC)cc(OC)cc2[nH]1)NCC(C)c1ccsc1. The number of H-pyrrole nitrogens is 1. The lowest BCUT2D eigenvalue weighted by Gasteiger charge is -2.15. The molecule has 2 heterocycles. The molecular weight excluding hydrogens is 384 g/mol. The summed E-state index contributed by atoms with van der Waals surface area (Å²) in [7, 11) is 5.16. The largest absolute Gasteiger partial charge is 0.497 e. The highest BCUT2D eigenvalue weighted by Crippen LogP contribution is 2.31. The Morgan fingerprint density at radius 2 is 2.07 bits per heavy atom. The van der Waals surface area contributed by atoms with Crippen molar-refractivity contribution in [1.82, 2.24) is 15.6 Å². The van der Waals surface area contributed by atoms with E-state index in [1.54, 1.807) is 25.6 Å². The molecule has 1 unspecified atom stereocenters. The molecule has 0 amide bonds. The summed E-state index contributed by atoms with van der Waals surface area (Å²) in [5, 5.41) is 12.2. The number of methoxy groups -OCH3 is 2. The van der Waals surface area contributed by atoms with Gasteiger partial charge >= 0.3 is 0 Å². The molecule has 156 valence electrons. The molecule has 3 N–H and O–H groups in total. The molecule has 29 heavy (non-hydrogen) atoms. The molecule has 0 bridgehead atoms. The summed E-state index contributed by atoms with van der Waals surface area (Å²) in [4.78, 5) is 7.79. The number of aromatic nitrogens is 1. The monoisotopic (exact) mass is 414 g/mol. The summed E-state index contributed by atoms with van der Waals surface area (Å²) >= 11 is 1.74. The molecule has 0 fully saturated rings. The van der Waals surface area contributed by atoms with Crippen LogP contribution in [0.3, 0.4) is 0 Å². The zero-order chi connectivity index (χ0) is 20.6. The Labute approximate surface area is 176 Å². The van der Waals surface area contributed by atoms with Crippen LogP contribution in [0.4, 0.5) is 0 Å². The Morgan fingerprint density at radius 3 is 2.76 bits per heavy atom. The van der Waals surface area contributed by atoms with Crippen molar-refractivity contribution < 1.29 is 9.47 Å². The first kappa shape index (κ1) is 21.0. The average Bonchev–Trinajstić information content (AvgIpc) is 3.41. The quantitative estimate of drug-likeness (QED) is 0.279. The molecule has 7 heteroatoms. The van der Waals surface area contributed by atoms with Gasteiger partial charge in [-0.3, -0.25) is 4.99 Å². The first-order chi connectivity index (χ1) is 14.1. The zero-order valence-corrected chi connectivity index (χ0v) is 18.4. The molecule has 0 radical (unpaired) electrons. The van der Waals surface area contributed by atoms with Gasteiger partial charge in [0.2, 0.25) is 0 Å². The third kappa shape index (κ3) is 5.44. The van der Waals surface area contributed by atoms with Crippen LogP contribution in [0.5, 0.6) is 11.5 Å². The van der Waals surface area contributed by atoms with E-state index in [2.05, 4.69) is 50.4 Å². The molecule has 2 aromatic heterocycles. The number of rotatable bonds is 9. The number of ether oxygens (including phenoxy) is 2. The highest BCUT2D eigenvalue weighted by Gasteiger charge is 2.10. The zero-order valence-electron chi connectivity index (χ0n) is 17.5. The number of hydrogen-bond acceptors (Lipinski definition) is 4. The minimum Gasteiger partial charge on any atom is -0.497 e. The number of hydrogen-bond donors (Lipinski definition) is 3. The number of nitrogens with one attached hydrogen (secondary N) is 3. The van der Waals surface area contributed by atoms with E-state index in [-0.39, 0.29) is 0 Å². The molecule has 3 aromatic rings. The number of aryl methyl sites for hydroxylation is 1. The number of aromatic amines is 1. The van der Waals surface area contributed by atoms with Gasteiger partial charge in [0.1, 0.15) is 11.5 Å². The van der Waals surface area contributed by atoms with Crippen molar-refractivity contribution in [1.29, 1.82) is 0 Å². The molecule has 1 aromatic carbocycles. The minimum atomic E-state index is 0.457. The smallest absolute Gasteiger partial charge is 0.190 e. The van der Waals surface area contributed by atoms with Crippen LogP contribution in [-0.2, 0) is 6.42 Å². The van der Waals surface area contributed by atoms with Gasteiger partial charge in [-0.15, -0.1) is 0 Å². The molecule has 0 aliphatic carbocycles. The third-order valence-corrected chi connectivity index (χ3v) is 5.71. The van der Waals surface area contributed by atoms with Gasteiger partial charge in [-0.1, -0.05) is 6.92 Å². The van der Waals surface area contributed by atoms with E-state index in [1.165, 1.54) is 11.3 Å². The number of aliphatic imine (C=N–C) groups is 1. The number of nitrogens with zero attached hydrogens (tertiary/aromatic N) is 1. The second-order valence-electron chi connectivity index (χ2n) is 7.03. The molecule has 0 aliphatic rings. The van der Waals surface area contributed by atoms with Crippen molar-refractivity contribution in [3.8, 4) is 11.5 Å². The van der Waals surface area contributed by atoms with E-state index < -0.39 is 0 Å². The van der Waals surface area contributed by atoms with Crippen LogP contribution >= 0.6 is 11.3 Å². The second kappa shape index (κ2) is 10.2. The minimum absolute atomic E-state index is 0.457. The Hall–Kier alpha value is -2.67. The summed E-state index contributed by atoms with van der Waals surface area (Å²) in [6, 6.07) is 8.25. The van der Waals surface area contributed by atoms with Crippen molar-refractivity contribution in [3.63, 3.8) is 0 Å². The van der Waals surface area contributed by atoms with Gasteiger partial charge in [-0.05, 0) is 47.2 Å².